The molecule has 0 bridgehead atoms. The number of aliphatic imine (C=N–C) groups is 1. The molecule has 0 aliphatic carbocycles. The fourth-order valence-electron chi connectivity index (χ4n) is 3.17. The summed E-state index contributed by atoms with van der Waals surface area (Å²) in [7, 11) is -3.89. The Morgan fingerprint density at radius 1 is 1.25 bits per heavy atom. The summed E-state index contributed by atoms with van der Waals surface area (Å²) < 4.78 is 26.8. The Hall–Kier alpha value is -1.93. The van der Waals surface area contributed by atoms with E-state index in [0.717, 1.165) is 10.6 Å². The lowest BCUT2D eigenvalue weighted by molar-refractivity contribution is 0.208. The van der Waals surface area contributed by atoms with Crippen molar-refractivity contribution in [3.05, 3.63) is 28.8 Å². The number of amides is 2. The monoisotopic (exact) mass is 352 g/mol. The number of carbonyl (C=O) groups is 1. The van der Waals surface area contributed by atoms with Gasteiger partial charge in [-0.3, -0.25) is 0 Å². The van der Waals surface area contributed by atoms with E-state index in [1.165, 1.54) is 0 Å². The lowest BCUT2D eigenvalue weighted by Gasteiger charge is -2.28. The summed E-state index contributed by atoms with van der Waals surface area (Å²) in [4.78, 5) is 14.6. The Balaban J connectivity index is 2.68. The van der Waals surface area contributed by atoms with E-state index in [4.69, 9.17) is 5.73 Å². The molecule has 0 spiro atoms. The van der Waals surface area contributed by atoms with Gasteiger partial charge in [0, 0.05) is 6.42 Å². The first kappa shape index (κ1) is 18.4. The number of benzene rings is 1. The summed E-state index contributed by atoms with van der Waals surface area (Å²) in [5.74, 6) is 0.315. The molecule has 0 fully saturated rings. The van der Waals surface area contributed by atoms with Gasteiger partial charge in [0.05, 0.1) is 4.90 Å². The second-order valence-electron chi connectivity index (χ2n) is 6.04. The van der Waals surface area contributed by atoms with E-state index < -0.39 is 20.9 Å². The normalized spacial score (nSPS) is 21.0. The van der Waals surface area contributed by atoms with Crippen LogP contribution in [0.3, 0.4) is 0 Å². The van der Waals surface area contributed by atoms with E-state index in [-0.39, 0.29) is 11.3 Å². The fraction of sp³-hybridized carbons (Fsp3) is 0.500. The number of nitrogens with two attached hydrogens (primary N) is 1. The SMILES string of the molecule is CCC1=NC(CC)(S(=O)(=O)c2c(C)cc(C)cc2C)NN1C(N)=O. The van der Waals surface area contributed by atoms with Crippen LogP contribution in [0.15, 0.2) is 22.0 Å². The number of amidine groups is 1. The van der Waals surface area contributed by atoms with Gasteiger partial charge in [0.1, 0.15) is 5.84 Å². The molecule has 1 aromatic carbocycles. The number of rotatable bonds is 4. The summed E-state index contributed by atoms with van der Waals surface area (Å²) in [5.41, 5.74) is 10.4. The maximum Gasteiger partial charge on any atom is 0.335 e. The molecule has 24 heavy (non-hydrogen) atoms. The molecule has 8 heteroatoms. The number of hydrazine groups is 1. The van der Waals surface area contributed by atoms with Gasteiger partial charge in [-0.2, -0.15) is 5.43 Å². The molecule has 1 aliphatic heterocycles. The first-order chi connectivity index (χ1) is 11.1. The summed E-state index contributed by atoms with van der Waals surface area (Å²) in [6, 6.07) is 2.88. The van der Waals surface area contributed by atoms with Crippen molar-refractivity contribution in [3.63, 3.8) is 0 Å². The van der Waals surface area contributed by atoms with Crippen LogP contribution >= 0.6 is 0 Å². The number of hydrogen-bond donors (Lipinski definition) is 2. The highest BCUT2D eigenvalue weighted by atomic mass is 32.2. The van der Waals surface area contributed by atoms with Crippen LogP contribution in [0.5, 0.6) is 0 Å². The van der Waals surface area contributed by atoms with Gasteiger partial charge in [-0.15, -0.1) is 0 Å². The number of aryl methyl sites for hydroxylation is 3. The van der Waals surface area contributed by atoms with Gasteiger partial charge in [-0.05, 0) is 38.3 Å². The number of nitrogens with zero attached hydrogens (tertiary/aromatic N) is 2. The summed E-state index contributed by atoms with van der Waals surface area (Å²) >= 11 is 0. The Labute approximate surface area is 142 Å². The van der Waals surface area contributed by atoms with Crippen molar-refractivity contribution in [3.8, 4) is 0 Å². The lowest BCUT2D eigenvalue weighted by Crippen LogP contribution is -2.56. The van der Waals surface area contributed by atoms with Crippen molar-refractivity contribution in [2.45, 2.75) is 57.4 Å². The van der Waals surface area contributed by atoms with Crippen molar-refractivity contribution in [2.24, 2.45) is 10.7 Å². The van der Waals surface area contributed by atoms with Crippen LogP contribution in [0.4, 0.5) is 4.79 Å². The average Bonchev–Trinajstić information content (AvgIpc) is 2.86. The summed E-state index contributed by atoms with van der Waals surface area (Å²) in [6.45, 7) is 8.95. The zero-order valence-corrected chi connectivity index (χ0v) is 15.5. The van der Waals surface area contributed by atoms with E-state index in [9.17, 15) is 13.2 Å². The van der Waals surface area contributed by atoms with Crippen molar-refractivity contribution in [1.82, 2.24) is 10.4 Å². The van der Waals surface area contributed by atoms with Crippen LogP contribution < -0.4 is 11.2 Å². The largest absolute Gasteiger partial charge is 0.350 e. The molecule has 1 aliphatic rings. The van der Waals surface area contributed by atoms with Crippen molar-refractivity contribution < 1.29 is 13.2 Å². The van der Waals surface area contributed by atoms with Crippen LogP contribution in [0, 0.1) is 20.8 Å². The second kappa shape index (κ2) is 6.18. The van der Waals surface area contributed by atoms with Crippen LogP contribution in [-0.2, 0) is 9.84 Å². The highest BCUT2D eigenvalue weighted by molar-refractivity contribution is 7.93. The molecule has 2 rings (SSSR count). The molecule has 0 radical (unpaired) electrons. The zero-order valence-electron chi connectivity index (χ0n) is 14.7. The first-order valence-electron chi connectivity index (χ1n) is 7.88. The minimum absolute atomic E-state index is 0.162. The Morgan fingerprint density at radius 2 is 1.79 bits per heavy atom. The number of carbonyl (C=O) groups excluding carboxylic acids is 1. The Morgan fingerprint density at radius 3 is 2.17 bits per heavy atom. The lowest BCUT2D eigenvalue weighted by atomic mass is 10.1. The van der Waals surface area contributed by atoms with Crippen LogP contribution in [0.1, 0.15) is 43.4 Å². The molecule has 1 aromatic rings. The number of primary amides is 1. The van der Waals surface area contributed by atoms with Crippen LogP contribution in [-0.4, -0.2) is 30.3 Å². The summed E-state index contributed by atoms with van der Waals surface area (Å²) in [5, 5.41) is 1.03. The van der Waals surface area contributed by atoms with E-state index in [0.29, 0.717) is 23.4 Å². The Bertz CT molecular complexity index is 794. The van der Waals surface area contributed by atoms with Gasteiger partial charge in [0.15, 0.2) is 0 Å². The fourth-order valence-corrected chi connectivity index (χ4v) is 5.29. The minimum Gasteiger partial charge on any atom is -0.350 e. The molecule has 2 amide bonds. The standard InChI is InChI=1S/C16H24N4O3S/c1-6-13-18-16(7-2,19-20(13)15(17)21)24(22,23)14-11(4)8-10(3)9-12(14)5/h8-9,19H,6-7H2,1-5H3,(H2,17,21). The van der Waals surface area contributed by atoms with E-state index in [2.05, 4.69) is 10.4 Å². The number of sulfone groups is 1. The van der Waals surface area contributed by atoms with Crippen LogP contribution in [0.25, 0.3) is 0 Å². The molecule has 1 atom stereocenters. The topological polar surface area (TPSA) is 105 Å². The van der Waals surface area contributed by atoms with Gasteiger partial charge >= 0.3 is 6.03 Å². The van der Waals surface area contributed by atoms with Gasteiger partial charge in [0.25, 0.3) is 0 Å². The Kier molecular flexibility index (Phi) is 4.74. The molecule has 1 unspecified atom stereocenters. The third-order valence-corrected chi connectivity index (χ3v) is 6.73. The molecular formula is C16H24N4O3S. The smallest absolute Gasteiger partial charge is 0.335 e. The van der Waals surface area contributed by atoms with Crippen molar-refractivity contribution in [1.29, 1.82) is 0 Å². The van der Waals surface area contributed by atoms with Gasteiger partial charge in [0.2, 0.25) is 14.8 Å². The molecule has 0 saturated heterocycles. The molecule has 132 valence electrons. The zero-order chi connectivity index (χ0) is 18.3. The predicted molar refractivity (Wildman–Crippen MR) is 93.1 cm³/mol. The summed E-state index contributed by atoms with van der Waals surface area (Å²) in [6.07, 6.45) is 0.550. The highest BCUT2D eigenvalue weighted by Crippen LogP contribution is 2.36. The number of hydrogen-bond acceptors (Lipinski definition) is 5. The molecule has 1 heterocycles. The van der Waals surface area contributed by atoms with E-state index in [1.54, 1.807) is 27.7 Å². The molecule has 0 aromatic heterocycles. The van der Waals surface area contributed by atoms with Gasteiger partial charge in [-0.1, -0.05) is 31.5 Å². The molecule has 7 nitrogen and oxygen atoms in total. The van der Waals surface area contributed by atoms with E-state index >= 15 is 0 Å². The quantitative estimate of drug-likeness (QED) is 0.866. The number of nitrogens with one attached hydrogen (secondary N) is 1. The average molecular weight is 352 g/mol. The van der Waals surface area contributed by atoms with Crippen LogP contribution in [0.2, 0.25) is 0 Å². The van der Waals surface area contributed by atoms with Gasteiger partial charge in [-0.25, -0.2) is 23.2 Å². The van der Waals surface area contributed by atoms with E-state index in [1.807, 2.05) is 19.1 Å². The third-order valence-electron chi connectivity index (χ3n) is 4.19. The maximum absolute atomic E-state index is 13.4. The number of urea groups is 1. The molecular weight excluding hydrogens is 328 g/mol. The first-order valence-corrected chi connectivity index (χ1v) is 9.36. The molecule has 0 saturated carbocycles. The highest BCUT2D eigenvalue weighted by Gasteiger charge is 2.51. The molecule has 3 N–H and O–H groups in total. The van der Waals surface area contributed by atoms with Crippen molar-refractivity contribution >= 4 is 21.7 Å². The van der Waals surface area contributed by atoms with Gasteiger partial charge < -0.3 is 5.73 Å². The minimum atomic E-state index is -3.89. The maximum atomic E-state index is 13.4. The second-order valence-corrected chi connectivity index (χ2v) is 8.13. The van der Waals surface area contributed by atoms with Crippen molar-refractivity contribution in [2.75, 3.05) is 0 Å². The third kappa shape index (κ3) is 2.69. The predicted octanol–water partition coefficient (Wildman–Crippen LogP) is 2.16.